The van der Waals surface area contributed by atoms with Crippen LogP contribution in [0.2, 0.25) is 5.02 Å². The van der Waals surface area contributed by atoms with Crippen molar-refractivity contribution in [1.29, 1.82) is 0 Å². The molecular formula is C16H13ClN2O4. The van der Waals surface area contributed by atoms with Gasteiger partial charge in [-0.3, -0.25) is 4.79 Å². The number of carbonyl (C=O) groups excluding carboxylic acids is 1. The van der Waals surface area contributed by atoms with Gasteiger partial charge >= 0.3 is 0 Å². The van der Waals surface area contributed by atoms with Crippen LogP contribution in [-0.2, 0) is 9.63 Å². The molecule has 1 heterocycles. The van der Waals surface area contributed by atoms with Crippen molar-refractivity contribution in [3.63, 3.8) is 0 Å². The van der Waals surface area contributed by atoms with Crippen molar-refractivity contribution in [3.05, 3.63) is 53.1 Å². The number of rotatable bonds is 5. The van der Waals surface area contributed by atoms with Crippen LogP contribution >= 0.6 is 11.6 Å². The summed E-state index contributed by atoms with van der Waals surface area (Å²) >= 11 is 5.78. The SMILES string of the molecule is O=C(CO/N=C/c1ccc(Cl)cc1)Nc1ccc2c(c1)OCO2. The van der Waals surface area contributed by atoms with E-state index < -0.39 is 0 Å². The topological polar surface area (TPSA) is 69.2 Å². The van der Waals surface area contributed by atoms with E-state index in [2.05, 4.69) is 10.5 Å². The number of benzene rings is 2. The molecule has 2 aromatic carbocycles. The summed E-state index contributed by atoms with van der Waals surface area (Å²) in [6.07, 6.45) is 1.50. The molecule has 2 aromatic rings. The third-order valence-corrected chi connectivity index (χ3v) is 3.25. The van der Waals surface area contributed by atoms with Crippen molar-refractivity contribution >= 4 is 29.4 Å². The minimum Gasteiger partial charge on any atom is -0.454 e. The highest BCUT2D eigenvalue weighted by Crippen LogP contribution is 2.34. The molecule has 0 unspecified atom stereocenters. The van der Waals surface area contributed by atoms with Gasteiger partial charge in [0.1, 0.15) is 0 Å². The largest absolute Gasteiger partial charge is 0.454 e. The summed E-state index contributed by atoms with van der Waals surface area (Å²) in [4.78, 5) is 16.7. The molecule has 0 saturated carbocycles. The Morgan fingerprint density at radius 3 is 2.83 bits per heavy atom. The second-order valence-electron chi connectivity index (χ2n) is 4.68. The third-order valence-electron chi connectivity index (χ3n) is 3.00. The average molecular weight is 333 g/mol. The molecule has 1 amide bonds. The lowest BCUT2D eigenvalue weighted by Crippen LogP contribution is -2.16. The van der Waals surface area contributed by atoms with E-state index in [-0.39, 0.29) is 19.3 Å². The van der Waals surface area contributed by atoms with Crippen LogP contribution < -0.4 is 14.8 Å². The number of hydrogen-bond acceptors (Lipinski definition) is 5. The van der Waals surface area contributed by atoms with Gasteiger partial charge in [0.2, 0.25) is 6.79 Å². The fourth-order valence-corrected chi connectivity index (χ4v) is 2.04. The number of carbonyl (C=O) groups is 1. The van der Waals surface area contributed by atoms with Gasteiger partial charge in [0, 0.05) is 16.8 Å². The Hall–Kier alpha value is -2.73. The number of nitrogens with one attached hydrogen (secondary N) is 1. The molecule has 0 bridgehead atoms. The van der Waals surface area contributed by atoms with Gasteiger partial charge in [0.05, 0.1) is 6.21 Å². The molecular weight excluding hydrogens is 320 g/mol. The normalized spacial score (nSPS) is 12.4. The molecule has 1 N–H and O–H groups in total. The van der Waals surface area contributed by atoms with E-state index >= 15 is 0 Å². The molecule has 3 rings (SSSR count). The number of amides is 1. The first-order valence-corrected chi connectivity index (χ1v) is 7.19. The minimum atomic E-state index is -0.322. The molecule has 0 atom stereocenters. The maximum Gasteiger partial charge on any atom is 0.265 e. The average Bonchev–Trinajstić information content (AvgIpc) is 3.01. The number of ether oxygens (including phenoxy) is 2. The summed E-state index contributed by atoms with van der Waals surface area (Å²) in [6.45, 7) is -0.00616. The van der Waals surface area contributed by atoms with E-state index in [1.54, 1.807) is 42.5 Å². The summed E-state index contributed by atoms with van der Waals surface area (Å²) in [6, 6.07) is 12.2. The van der Waals surface area contributed by atoms with Crippen molar-refractivity contribution in [2.24, 2.45) is 5.16 Å². The number of anilines is 1. The van der Waals surface area contributed by atoms with Gasteiger partial charge in [0.25, 0.3) is 5.91 Å². The lowest BCUT2D eigenvalue weighted by Gasteiger charge is -2.05. The van der Waals surface area contributed by atoms with Crippen molar-refractivity contribution < 1.29 is 19.1 Å². The molecule has 0 aliphatic carbocycles. The Morgan fingerprint density at radius 1 is 1.22 bits per heavy atom. The smallest absolute Gasteiger partial charge is 0.265 e. The zero-order valence-electron chi connectivity index (χ0n) is 12.0. The van der Waals surface area contributed by atoms with Gasteiger partial charge in [0.15, 0.2) is 18.1 Å². The fourth-order valence-electron chi connectivity index (χ4n) is 1.91. The van der Waals surface area contributed by atoms with Gasteiger partial charge in [-0.05, 0) is 29.8 Å². The number of halogens is 1. The van der Waals surface area contributed by atoms with E-state index in [1.165, 1.54) is 6.21 Å². The zero-order chi connectivity index (χ0) is 16.1. The predicted molar refractivity (Wildman–Crippen MR) is 86.2 cm³/mol. The highest BCUT2D eigenvalue weighted by atomic mass is 35.5. The van der Waals surface area contributed by atoms with E-state index in [0.29, 0.717) is 22.2 Å². The second kappa shape index (κ2) is 7.02. The van der Waals surface area contributed by atoms with Gasteiger partial charge < -0.3 is 19.6 Å². The minimum absolute atomic E-state index is 0.190. The van der Waals surface area contributed by atoms with Gasteiger partial charge in [-0.15, -0.1) is 0 Å². The standard InChI is InChI=1S/C16H13ClN2O4/c17-12-3-1-11(2-4-12)8-18-23-9-16(20)19-13-5-6-14-15(7-13)22-10-21-14/h1-8H,9-10H2,(H,19,20)/b18-8+. The van der Waals surface area contributed by atoms with Crippen LogP contribution in [0.1, 0.15) is 5.56 Å². The summed E-state index contributed by atoms with van der Waals surface area (Å²) in [5, 5.41) is 7.07. The van der Waals surface area contributed by atoms with Crippen LogP contribution in [-0.4, -0.2) is 25.5 Å². The van der Waals surface area contributed by atoms with Crippen LogP contribution in [0, 0.1) is 0 Å². The Kier molecular flexibility index (Phi) is 4.63. The highest BCUT2D eigenvalue weighted by molar-refractivity contribution is 6.30. The molecule has 0 aromatic heterocycles. The number of nitrogens with zero attached hydrogens (tertiary/aromatic N) is 1. The molecule has 23 heavy (non-hydrogen) atoms. The van der Waals surface area contributed by atoms with E-state index in [9.17, 15) is 4.79 Å². The van der Waals surface area contributed by atoms with Crippen LogP contribution in [0.25, 0.3) is 0 Å². The number of fused-ring (bicyclic) bond motifs is 1. The molecule has 1 aliphatic heterocycles. The van der Waals surface area contributed by atoms with Crippen molar-refractivity contribution in [2.45, 2.75) is 0 Å². The quantitative estimate of drug-likeness (QED) is 0.675. The second-order valence-corrected chi connectivity index (χ2v) is 5.11. The van der Waals surface area contributed by atoms with Crippen LogP contribution in [0.4, 0.5) is 5.69 Å². The number of oxime groups is 1. The van der Waals surface area contributed by atoms with Gasteiger partial charge in [-0.1, -0.05) is 28.9 Å². The van der Waals surface area contributed by atoms with E-state index in [0.717, 1.165) is 5.56 Å². The van der Waals surface area contributed by atoms with Gasteiger partial charge in [-0.25, -0.2) is 0 Å². The molecule has 0 spiro atoms. The Morgan fingerprint density at radius 2 is 2.00 bits per heavy atom. The lowest BCUT2D eigenvalue weighted by atomic mass is 10.2. The molecule has 118 valence electrons. The Labute approximate surface area is 137 Å². The first-order chi connectivity index (χ1) is 11.2. The number of hydrogen-bond donors (Lipinski definition) is 1. The molecule has 1 aliphatic rings. The van der Waals surface area contributed by atoms with E-state index in [4.69, 9.17) is 25.9 Å². The molecule has 0 fully saturated rings. The predicted octanol–water partition coefficient (Wildman–Crippen LogP) is 3.06. The molecule has 0 radical (unpaired) electrons. The van der Waals surface area contributed by atoms with Crippen LogP contribution in [0.3, 0.4) is 0 Å². The van der Waals surface area contributed by atoms with Crippen molar-refractivity contribution in [3.8, 4) is 11.5 Å². The summed E-state index contributed by atoms with van der Waals surface area (Å²) in [5.74, 6) is 0.938. The molecule has 6 nitrogen and oxygen atoms in total. The van der Waals surface area contributed by atoms with Crippen LogP contribution in [0.15, 0.2) is 47.6 Å². The monoisotopic (exact) mass is 332 g/mol. The maximum atomic E-state index is 11.8. The molecule has 0 saturated heterocycles. The summed E-state index contributed by atoms with van der Waals surface area (Å²) in [7, 11) is 0. The van der Waals surface area contributed by atoms with Crippen LogP contribution in [0.5, 0.6) is 11.5 Å². The van der Waals surface area contributed by atoms with Crippen molar-refractivity contribution in [1.82, 2.24) is 0 Å². The fraction of sp³-hybridized carbons (Fsp3) is 0.125. The zero-order valence-corrected chi connectivity index (χ0v) is 12.7. The first kappa shape index (κ1) is 15.2. The lowest BCUT2D eigenvalue weighted by molar-refractivity contribution is -0.120. The van der Waals surface area contributed by atoms with E-state index in [1.807, 2.05) is 0 Å². The first-order valence-electron chi connectivity index (χ1n) is 6.81. The Bertz CT molecular complexity index is 731. The van der Waals surface area contributed by atoms with Crippen molar-refractivity contribution in [2.75, 3.05) is 18.7 Å². The highest BCUT2D eigenvalue weighted by Gasteiger charge is 2.14. The third kappa shape index (κ3) is 4.14. The van der Waals surface area contributed by atoms with Gasteiger partial charge in [-0.2, -0.15) is 0 Å². The maximum absolute atomic E-state index is 11.8. The Balaban J connectivity index is 1.47. The summed E-state index contributed by atoms with van der Waals surface area (Å²) < 4.78 is 10.4. The summed E-state index contributed by atoms with van der Waals surface area (Å²) in [5.41, 5.74) is 1.43. The molecule has 7 heteroatoms.